The molecule has 0 N–H and O–H groups in total. The summed E-state index contributed by atoms with van der Waals surface area (Å²) in [5.41, 5.74) is 2.74. The predicted octanol–water partition coefficient (Wildman–Crippen LogP) is 3.27. The van der Waals surface area contributed by atoms with E-state index in [9.17, 15) is 0 Å². The Morgan fingerprint density at radius 2 is 1.90 bits per heavy atom. The minimum absolute atomic E-state index is 0.0606. The second-order valence-electron chi connectivity index (χ2n) is 7.05. The van der Waals surface area contributed by atoms with Crippen LogP contribution in [-0.4, -0.2) is 31.4 Å². The van der Waals surface area contributed by atoms with Gasteiger partial charge in [-0.3, -0.25) is 4.90 Å². The molecule has 0 bridgehead atoms. The van der Waals surface area contributed by atoms with Crippen LogP contribution in [0.2, 0.25) is 0 Å². The standard InChI is InChI=1S/C17H24BNO2/c1-17(2,3)16-20-18(21-16)15-9-11-19(12-10-15)13-14-7-5-4-6-8-14/h4-9,16H,10-13H2,1-3H3. The fourth-order valence-electron chi connectivity index (χ4n) is 2.74. The number of nitrogens with zero attached hydrogens (tertiary/aromatic N) is 1. The Morgan fingerprint density at radius 1 is 1.19 bits per heavy atom. The molecule has 21 heavy (non-hydrogen) atoms. The van der Waals surface area contributed by atoms with Gasteiger partial charge in [0.15, 0.2) is 0 Å². The molecule has 1 saturated heterocycles. The summed E-state index contributed by atoms with van der Waals surface area (Å²) in [6.07, 6.45) is 3.25. The first-order chi connectivity index (χ1) is 10.0. The third-order valence-electron chi connectivity index (χ3n) is 4.08. The van der Waals surface area contributed by atoms with E-state index in [0.717, 1.165) is 26.1 Å². The number of rotatable bonds is 3. The zero-order chi connectivity index (χ0) is 14.9. The van der Waals surface area contributed by atoms with Gasteiger partial charge in [-0.2, -0.15) is 0 Å². The van der Waals surface area contributed by atoms with Crippen molar-refractivity contribution in [2.24, 2.45) is 5.41 Å². The lowest BCUT2D eigenvalue weighted by atomic mass is 9.70. The Morgan fingerprint density at radius 3 is 2.48 bits per heavy atom. The molecule has 0 radical (unpaired) electrons. The minimum Gasteiger partial charge on any atom is -0.382 e. The number of hydrogen-bond donors (Lipinski definition) is 0. The molecule has 3 nitrogen and oxygen atoms in total. The normalized spacial score (nSPS) is 21.1. The maximum absolute atomic E-state index is 5.89. The summed E-state index contributed by atoms with van der Waals surface area (Å²) in [5, 5.41) is 0. The maximum Gasteiger partial charge on any atom is 0.493 e. The molecule has 0 atom stereocenters. The first kappa shape index (κ1) is 14.8. The lowest BCUT2D eigenvalue weighted by Crippen LogP contribution is -2.53. The molecule has 2 aliphatic heterocycles. The molecule has 0 spiro atoms. The molecule has 2 heterocycles. The van der Waals surface area contributed by atoms with Crippen LogP contribution in [0.25, 0.3) is 0 Å². The quantitative estimate of drug-likeness (QED) is 0.796. The summed E-state index contributed by atoms with van der Waals surface area (Å²) >= 11 is 0. The summed E-state index contributed by atoms with van der Waals surface area (Å²) < 4.78 is 11.8. The van der Waals surface area contributed by atoms with Crippen molar-refractivity contribution < 1.29 is 9.31 Å². The van der Waals surface area contributed by atoms with Crippen LogP contribution in [0.5, 0.6) is 0 Å². The van der Waals surface area contributed by atoms with Gasteiger partial charge >= 0.3 is 7.12 Å². The van der Waals surface area contributed by atoms with Crippen LogP contribution in [0.4, 0.5) is 0 Å². The van der Waals surface area contributed by atoms with Crippen LogP contribution < -0.4 is 0 Å². The average Bonchev–Trinajstić information content (AvgIpc) is 2.39. The average molecular weight is 285 g/mol. The van der Waals surface area contributed by atoms with Gasteiger partial charge in [0, 0.05) is 25.0 Å². The van der Waals surface area contributed by atoms with Crippen LogP contribution >= 0.6 is 0 Å². The van der Waals surface area contributed by atoms with Gasteiger partial charge in [-0.15, -0.1) is 0 Å². The van der Waals surface area contributed by atoms with E-state index in [2.05, 4.69) is 62.1 Å². The van der Waals surface area contributed by atoms with Crippen LogP contribution in [0.15, 0.2) is 41.9 Å². The Balaban J connectivity index is 1.49. The summed E-state index contributed by atoms with van der Waals surface area (Å²) in [6, 6.07) is 10.6. The molecule has 4 heteroatoms. The highest BCUT2D eigenvalue weighted by atomic mass is 16.8. The van der Waals surface area contributed by atoms with Crippen molar-refractivity contribution in [1.82, 2.24) is 4.90 Å². The Bertz CT molecular complexity index is 503. The maximum atomic E-state index is 5.89. The van der Waals surface area contributed by atoms with Gasteiger partial charge in [-0.25, -0.2) is 0 Å². The zero-order valence-corrected chi connectivity index (χ0v) is 13.2. The molecule has 2 aliphatic rings. The molecule has 0 aromatic heterocycles. The first-order valence-electron chi connectivity index (χ1n) is 7.78. The molecule has 112 valence electrons. The Hall–Kier alpha value is -1.10. The van der Waals surface area contributed by atoms with Gasteiger partial charge < -0.3 is 9.31 Å². The second kappa shape index (κ2) is 5.95. The third-order valence-corrected chi connectivity index (χ3v) is 4.08. The van der Waals surface area contributed by atoms with Crippen molar-refractivity contribution in [3.8, 4) is 0 Å². The van der Waals surface area contributed by atoms with E-state index in [0.29, 0.717) is 0 Å². The smallest absolute Gasteiger partial charge is 0.382 e. The third kappa shape index (κ3) is 3.57. The summed E-state index contributed by atoms with van der Waals surface area (Å²) in [6.45, 7) is 9.50. The fraction of sp³-hybridized carbons (Fsp3) is 0.529. The molecule has 3 rings (SSSR count). The first-order valence-corrected chi connectivity index (χ1v) is 7.78. The summed E-state index contributed by atoms with van der Waals surface area (Å²) in [5.74, 6) is 0. The van der Waals surface area contributed by atoms with Gasteiger partial charge in [0.2, 0.25) is 0 Å². The molecule has 0 aliphatic carbocycles. The van der Waals surface area contributed by atoms with E-state index in [1.54, 1.807) is 0 Å². The molecule has 0 unspecified atom stereocenters. The summed E-state index contributed by atoms with van der Waals surface area (Å²) in [7, 11) is -0.104. The molecule has 1 aromatic rings. The van der Waals surface area contributed by atoms with Gasteiger partial charge in [0.1, 0.15) is 6.29 Å². The highest BCUT2D eigenvalue weighted by Gasteiger charge is 2.45. The lowest BCUT2D eigenvalue weighted by molar-refractivity contribution is -0.169. The predicted molar refractivity (Wildman–Crippen MR) is 85.6 cm³/mol. The van der Waals surface area contributed by atoms with E-state index in [-0.39, 0.29) is 18.8 Å². The zero-order valence-electron chi connectivity index (χ0n) is 13.2. The SMILES string of the molecule is CC(C)(C)C1OB(C2=CCN(Cc3ccccc3)CC2)O1. The van der Waals surface area contributed by atoms with Crippen LogP contribution in [-0.2, 0) is 15.9 Å². The highest BCUT2D eigenvalue weighted by molar-refractivity contribution is 6.55. The molecular weight excluding hydrogens is 261 g/mol. The van der Waals surface area contributed by atoms with Crippen LogP contribution in [0, 0.1) is 5.41 Å². The van der Waals surface area contributed by atoms with Crippen molar-refractivity contribution in [2.45, 2.75) is 40.0 Å². The van der Waals surface area contributed by atoms with Gasteiger partial charge in [-0.05, 0) is 17.5 Å². The van der Waals surface area contributed by atoms with E-state index < -0.39 is 0 Å². The fourth-order valence-corrected chi connectivity index (χ4v) is 2.74. The second-order valence-corrected chi connectivity index (χ2v) is 7.05. The molecular formula is C17H24BNO2. The van der Waals surface area contributed by atoms with Crippen LogP contribution in [0.1, 0.15) is 32.8 Å². The Labute approximate surface area is 128 Å². The Kier molecular flexibility index (Phi) is 4.20. The van der Waals surface area contributed by atoms with Gasteiger partial charge in [-0.1, -0.05) is 57.2 Å². The molecule has 0 amide bonds. The van der Waals surface area contributed by atoms with E-state index in [1.165, 1.54) is 11.0 Å². The minimum atomic E-state index is -0.104. The van der Waals surface area contributed by atoms with E-state index in [4.69, 9.17) is 9.31 Å². The summed E-state index contributed by atoms with van der Waals surface area (Å²) in [4.78, 5) is 2.46. The van der Waals surface area contributed by atoms with Crippen LogP contribution in [0.3, 0.4) is 0 Å². The number of benzene rings is 1. The van der Waals surface area contributed by atoms with Gasteiger partial charge in [0.25, 0.3) is 0 Å². The largest absolute Gasteiger partial charge is 0.493 e. The topological polar surface area (TPSA) is 21.7 Å². The van der Waals surface area contributed by atoms with Gasteiger partial charge in [0.05, 0.1) is 0 Å². The van der Waals surface area contributed by atoms with Crippen molar-refractivity contribution >= 4 is 7.12 Å². The van der Waals surface area contributed by atoms with E-state index >= 15 is 0 Å². The molecule has 1 aromatic carbocycles. The number of hydrogen-bond acceptors (Lipinski definition) is 3. The van der Waals surface area contributed by atoms with Crippen molar-refractivity contribution in [2.75, 3.05) is 13.1 Å². The molecule has 0 saturated carbocycles. The monoisotopic (exact) mass is 285 g/mol. The van der Waals surface area contributed by atoms with Crippen molar-refractivity contribution in [3.63, 3.8) is 0 Å². The lowest BCUT2D eigenvalue weighted by Gasteiger charge is -2.43. The van der Waals surface area contributed by atoms with Crippen molar-refractivity contribution in [1.29, 1.82) is 0 Å². The molecule has 1 fully saturated rings. The van der Waals surface area contributed by atoms with Crippen molar-refractivity contribution in [3.05, 3.63) is 47.4 Å². The van der Waals surface area contributed by atoms with E-state index in [1.807, 2.05) is 0 Å². The highest BCUT2D eigenvalue weighted by Crippen LogP contribution is 2.34.